The van der Waals surface area contributed by atoms with Crippen molar-refractivity contribution in [1.29, 1.82) is 0 Å². The van der Waals surface area contributed by atoms with Crippen molar-refractivity contribution in [3.05, 3.63) is 17.6 Å². The topological polar surface area (TPSA) is 84.3 Å². The number of ether oxygens (including phenoxy) is 1. The van der Waals surface area contributed by atoms with Crippen molar-refractivity contribution < 1.29 is 14.6 Å². The van der Waals surface area contributed by atoms with Crippen molar-refractivity contribution in [2.24, 2.45) is 11.8 Å². The molecule has 1 aliphatic heterocycles. The lowest BCUT2D eigenvalue weighted by Gasteiger charge is -2.27. The molecule has 2 heterocycles. The van der Waals surface area contributed by atoms with E-state index >= 15 is 0 Å². The van der Waals surface area contributed by atoms with E-state index in [1.165, 1.54) is 0 Å². The van der Waals surface area contributed by atoms with Gasteiger partial charge in [0, 0.05) is 26.0 Å². The second-order valence-corrected chi connectivity index (χ2v) is 5.22. The average molecular weight is 279 g/mol. The van der Waals surface area contributed by atoms with Gasteiger partial charge in [-0.1, -0.05) is 0 Å². The lowest BCUT2D eigenvalue weighted by atomic mass is 9.86. The van der Waals surface area contributed by atoms with Gasteiger partial charge in [0.05, 0.1) is 17.3 Å². The molecule has 1 unspecified atom stereocenters. The molecule has 0 radical (unpaired) electrons. The molecule has 20 heavy (non-hydrogen) atoms. The highest BCUT2D eigenvalue weighted by atomic mass is 16.5. The Morgan fingerprint density at radius 2 is 2.20 bits per heavy atom. The van der Waals surface area contributed by atoms with Gasteiger partial charge in [-0.25, -0.2) is 4.98 Å². The van der Waals surface area contributed by atoms with Crippen molar-refractivity contribution in [3.63, 3.8) is 0 Å². The minimum absolute atomic E-state index is 0.159. The van der Waals surface area contributed by atoms with Crippen LogP contribution in [0.1, 0.15) is 24.2 Å². The number of anilines is 1. The summed E-state index contributed by atoms with van der Waals surface area (Å²) in [6, 6.07) is 0. The Kier molecular flexibility index (Phi) is 4.89. The van der Waals surface area contributed by atoms with Crippen LogP contribution >= 0.6 is 0 Å². The van der Waals surface area contributed by atoms with Crippen LogP contribution in [0.3, 0.4) is 0 Å². The molecule has 0 spiro atoms. The lowest BCUT2D eigenvalue weighted by Crippen LogP contribution is -2.34. The predicted molar refractivity (Wildman–Crippen MR) is 74.7 cm³/mol. The summed E-state index contributed by atoms with van der Waals surface area (Å²) in [5.41, 5.74) is 1.60. The maximum atomic E-state index is 11.5. The van der Waals surface area contributed by atoms with Crippen molar-refractivity contribution in [1.82, 2.24) is 9.97 Å². The number of hydrogen-bond acceptors (Lipinski definition) is 5. The van der Waals surface area contributed by atoms with Gasteiger partial charge in [-0.15, -0.1) is 0 Å². The van der Waals surface area contributed by atoms with Gasteiger partial charge in [0.1, 0.15) is 5.82 Å². The monoisotopic (exact) mass is 279 g/mol. The molecule has 110 valence electrons. The Balaban J connectivity index is 2.01. The maximum absolute atomic E-state index is 11.5. The second-order valence-electron chi connectivity index (χ2n) is 5.22. The molecule has 1 fully saturated rings. The fraction of sp³-hybridized carbons (Fsp3) is 0.643. The van der Waals surface area contributed by atoms with E-state index in [2.05, 4.69) is 15.3 Å². The van der Waals surface area contributed by atoms with Crippen molar-refractivity contribution in [3.8, 4) is 0 Å². The van der Waals surface area contributed by atoms with Crippen LogP contribution < -0.4 is 5.32 Å². The Bertz CT molecular complexity index is 473. The van der Waals surface area contributed by atoms with E-state index in [0.717, 1.165) is 24.2 Å². The van der Waals surface area contributed by atoms with E-state index in [9.17, 15) is 9.90 Å². The van der Waals surface area contributed by atoms with Crippen LogP contribution in [-0.4, -0.2) is 40.8 Å². The number of nitrogens with zero attached hydrogens (tertiary/aromatic N) is 2. The fourth-order valence-corrected chi connectivity index (χ4v) is 2.49. The highest BCUT2D eigenvalue weighted by Gasteiger charge is 2.29. The van der Waals surface area contributed by atoms with Crippen LogP contribution in [-0.2, 0) is 9.53 Å². The quantitative estimate of drug-likeness (QED) is 0.852. The van der Waals surface area contributed by atoms with Crippen LogP contribution in [0.15, 0.2) is 6.20 Å². The van der Waals surface area contributed by atoms with E-state index in [-0.39, 0.29) is 5.92 Å². The largest absolute Gasteiger partial charge is 0.481 e. The minimum atomic E-state index is -0.761. The second kappa shape index (κ2) is 6.65. The summed E-state index contributed by atoms with van der Waals surface area (Å²) in [5.74, 6) is -0.349. The van der Waals surface area contributed by atoms with Crippen molar-refractivity contribution in [2.45, 2.75) is 26.7 Å². The van der Waals surface area contributed by atoms with Crippen LogP contribution in [0.5, 0.6) is 0 Å². The molecule has 1 aliphatic rings. The zero-order valence-electron chi connectivity index (χ0n) is 11.9. The zero-order valence-corrected chi connectivity index (χ0v) is 11.9. The number of carbonyl (C=O) groups is 1. The van der Waals surface area contributed by atoms with Crippen molar-refractivity contribution in [2.75, 3.05) is 25.1 Å². The number of aromatic nitrogens is 2. The van der Waals surface area contributed by atoms with Crippen LogP contribution in [0, 0.1) is 25.7 Å². The van der Waals surface area contributed by atoms with Gasteiger partial charge in [0.15, 0.2) is 0 Å². The predicted octanol–water partition coefficient (Wildman–Crippen LogP) is 1.63. The van der Waals surface area contributed by atoms with Gasteiger partial charge in [-0.05, 0) is 32.6 Å². The molecule has 2 N–H and O–H groups in total. The first-order valence-corrected chi connectivity index (χ1v) is 6.92. The highest BCUT2D eigenvalue weighted by molar-refractivity contribution is 5.71. The van der Waals surface area contributed by atoms with Crippen LogP contribution in [0.2, 0.25) is 0 Å². The summed E-state index contributed by atoms with van der Waals surface area (Å²) in [6.45, 7) is 5.40. The van der Waals surface area contributed by atoms with Gasteiger partial charge in [-0.2, -0.15) is 0 Å². The van der Waals surface area contributed by atoms with E-state index in [4.69, 9.17) is 4.74 Å². The van der Waals surface area contributed by atoms with E-state index < -0.39 is 11.9 Å². The first kappa shape index (κ1) is 14.7. The first-order valence-electron chi connectivity index (χ1n) is 6.92. The molecule has 0 aliphatic carbocycles. The molecule has 0 saturated carbocycles. The van der Waals surface area contributed by atoms with Gasteiger partial charge < -0.3 is 15.2 Å². The first-order chi connectivity index (χ1) is 9.58. The molecule has 0 amide bonds. The summed E-state index contributed by atoms with van der Waals surface area (Å²) in [7, 11) is 0. The molecule has 0 bridgehead atoms. The molecule has 1 aromatic heterocycles. The molecule has 2 rings (SSSR count). The molecular weight excluding hydrogens is 258 g/mol. The number of aryl methyl sites for hydroxylation is 2. The standard InChI is InChI=1S/C14H21N3O3/c1-9-7-15-10(2)13(17-9)16-8-12(14(18)19)11-3-5-20-6-4-11/h7,11-12H,3-6,8H2,1-2H3,(H,16,17)(H,18,19). The smallest absolute Gasteiger partial charge is 0.308 e. The molecule has 6 nitrogen and oxygen atoms in total. The third-order valence-electron chi connectivity index (χ3n) is 3.72. The number of rotatable bonds is 5. The normalized spacial score (nSPS) is 17.7. The number of nitrogens with one attached hydrogen (secondary N) is 1. The summed E-state index contributed by atoms with van der Waals surface area (Å²) < 4.78 is 5.29. The number of aliphatic carboxylic acids is 1. The minimum Gasteiger partial charge on any atom is -0.481 e. The maximum Gasteiger partial charge on any atom is 0.308 e. The highest BCUT2D eigenvalue weighted by Crippen LogP contribution is 2.24. The SMILES string of the molecule is Cc1cnc(C)c(NCC(C(=O)O)C2CCOCC2)n1. The van der Waals surface area contributed by atoms with Crippen LogP contribution in [0.4, 0.5) is 5.82 Å². The summed E-state index contributed by atoms with van der Waals surface area (Å²) in [5, 5.41) is 12.5. The van der Waals surface area contributed by atoms with Crippen LogP contribution in [0.25, 0.3) is 0 Å². The Labute approximate surface area is 118 Å². The molecular formula is C14H21N3O3. The number of carboxylic acid groups (broad SMARTS) is 1. The summed E-state index contributed by atoms with van der Waals surface area (Å²) >= 11 is 0. The Hall–Kier alpha value is -1.69. The molecule has 1 atom stereocenters. The molecule has 0 aromatic carbocycles. The lowest BCUT2D eigenvalue weighted by molar-refractivity contribution is -0.144. The van der Waals surface area contributed by atoms with E-state index in [1.807, 2.05) is 13.8 Å². The third kappa shape index (κ3) is 3.66. The Morgan fingerprint density at radius 3 is 2.85 bits per heavy atom. The van der Waals surface area contributed by atoms with Crippen molar-refractivity contribution >= 4 is 11.8 Å². The average Bonchev–Trinajstić information content (AvgIpc) is 2.43. The Morgan fingerprint density at radius 1 is 1.50 bits per heavy atom. The van der Waals surface area contributed by atoms with Gasteiger partial charge in [0.2, 0.25) is 0 Å². The van der Waals surface area contributed by atoms with Gasteiger partial charge in [0.25, 0.3) is 0 Å². The van der Waals surface area contributed by atoms with Gasteiger partial charge in [-0.3, -0.25) is 9.78 Å². The zero-order chi connectivity index (χ0) is 14.5. The summed E-state index contributed by atoms with van der Waals surface area (Å²) in [6.07, 6.45) is 3.31. The van der Waals surface area contributed by atoms with E-state index in [1.54, 1.807) is 6.20 Å². The molecule has 6 heteroatoms. The molecule has 1 aromatic rings. The number of hydrogen-bond donors (Lipinski definition) is 2. The third-order valence-corrected chi connectivity index (χ3v) is 3.72. The van der Waals surface area contributed by atoms with Gasteiger partial charge >= 0.3 is 5.97 Å². The fourth-order valence-electron chi connectivity index (χ4n) is 2.49. The van der Waals surface area contributed by atoms with E-state index in [0.29, 0.717) is 25.6 Å². The summed E-state index contributed by atoms with van der Waals surface area (Å²) in [4.78, 5) is 20.0. The number of carboxylic acids is 1. The molecule has 1 saturated heterocycles.